The van der Waals surface area contributed by atoms with Crippen molar-refractivity contribution in [1.82, 2.24) is 10.6 Å². The summed E-state index contributed by atoms with van der Waals surface area (Å²) >= 11 is 0. The van der Waals surface area contributed by atoms with Crippen molar-refractivity contribution >= 4 is 10.2 Å². The molecule has 0 aliphatic heterocycles. The van der Waals surface area contributed by atoms with Crippen molar-refractivity contribution in [2.45, 2.75) is 58.7 Å². The first-order valence-corrected chi connectivity index (χ1v) is 6.80. The molecule has 0 aromatic rings. The van der Waals surface area contributed by atoms with Gasteiger partial charge in [0.05, 0.1) is 0 Å². The third-order valence-corrected chi connectivity index (χ3v) is 2.36. The topological polar surface area (TPSA) is 24.1 Å². The highest BCUT2D eigenvalue weighted by atomic mass is 28.1. The second-order valence-electron chi connectivity index (χ2n) is 5.79. The largest absolute Gasteiger partial charge is 0.385 e. The first-order valence-electron chi connectivity index (χ1n) is 5.39. The monoisotopic (exact) mass is 214 g/mol. The summed E-state index contributed by atoms with van der Waals surface area (Å²) < 4.78 is 0. The Hall–Kier alpha value is -0.443. The predicted molar refractivity (Wildman–Crippen MR) is 68.6 cm³/mol. The van der Waals surface area contributed by atoms with Gasteiger partial charge in [0.15, 0.2) is 0 Å². The molecule has 0 amide bonds. The standard InChI is InChI=1S/C11H26N2Si/c1-10(2,3)12-7-9(8-14)13-11(4,5)6/h7,12-13H,8H2,1-6,14H3. The zero-order valence-electron chi connectivity index (χ0n) is 10.8. The molecule has 0 saturated carbocycles. The van der Waals surface area contributed by atoms with E-state index >= 15 is 0 Å². The van der Waals surface area contributed by atoms with Gasteiger partial charge in [-0.25, -0.2) is 0 Å². The minimum Gasteiger partial charge on any atom is -0.385 e. The van der Waals surface area contributed by atoms with Gasteiger partial charge in [-0.05, 0) is 47.6 Å². The van der Waals surface area contributed by atoms with Crippen LogP contribution in [0.4, 0.5) is 0 Å². The lowest BCUT2D eigenvalue weighted by atomic mass is 10.1. The molecular formula is C11H26N2Si. The third-order valence-electron chi connectivity index (χ3n) is 1.60. The van der Waals surface area contributed by atoms with Crippen molar-refractivity contribution in [3.05, 3.63) is 11.9 Å². The summed E-state index contributed by atoms with van der Waals surface area (Å²) in [6.45, 7) is 13.1. The molecule has 0 bridgehead atoms. The van der Waals surface area contributed by atoms with Gasteiger partial charge in [0.1, 0.15) is 0 Å². The normalized spacial score (nSPS) is 14.3. The fourth-order valence-corrected chi connectivity index (χ4v) is 1.39. The van der Waals surface area contributed by atoms with E-state index < -0.39 is 0 Å². The summed E-state index contributed by atoms with van der Waals surface area (Å²) in [5, 5.41) is 6.90. The molecule has 0 heterocycles. The van der Waals surface area contributed by atoms with Crippen LogP contribution < -0.4 is 10.6 Å². The molecule has 0 aromatic carbocycles. The molecule has 84 valence electrons. The van der Waals surface area contributed by atoms with Crippen molar-refractivity contribution in [3.8, 4) is 0 Å². The van der Waals surface area contributed by atoms with Crippen molar-refractivity contribution in [1.29, 1.82) is 0 Å². The quantitative estimate of drug-likeness (QED) is 0.694. The molecule has 0 rings (SSSR count). The second-order valence-corrected chi connectivity index (χ2v) is 6.50. The molecule has 2 nitrogen and oxygen atoms in total. The van der Waals surface area contributed by atoms with Crippen molar-refractivity contribution < 1.29 is 0 Å². The molecule has 0 aliphatic rings. The molecule has 0 saturated heterocycles. The van der Waals surface area contributed by atoms with Gasteiger partial charge in [-0.3, -0.25) is 0 Å². The number of nitrogens with one attached hydrogen (secondary N) is 2. The lowest BCUT2D eigenvalue weighted by molar-refractivity contribution is 0.456. The highest BCUT2D eigenvalue weighted by Crippen LogP contribution is 2.06. The van der Waals surface area contributed by atoms with Crippen LogP contribution >= 0.6 is 0 Å². The van der Waals surface area contributed by atoms with Crippen LogP contribution in [0.1, 0.15) is 41.5 Å². The summed E-state index contributed by atoms with van der Waals surface area (Å²) in [5.41, 5.74) is 1.64. The van der Waals surface area contributed by atoms with E-state index in [2.05, 4.69) is 58.4 Å². The zero-order chi connectivity index (χ0) is 11.4. The van der Waals surface area contributed by atoms with E-state index in [0.717, 1.165) is 0 Å². The van der Waals surface area contributed by atoms with Gasteiger partial charge in [0.25, 0.3) is 0 Å². The van der Waals surface area contributed by atoms with Crippen LogP contribution in [0.5, 0.6) is 0 Å². The van der Waals surface area contributed by atoms with Crippen LogP contribution in [-0.4, -0.2) is 21.3 Å². The Kier molecular flexibility index (Phi) is 4.72. The Bertz CT molecular complexity index is 196. The number of hydrogen-bond donors (Lipinski definition) is 2. The van der Waals surface area contributed by atoms with Gasteiger partial charge in [-0.1, -0.05) is 0 Å². The van der Waals surface area contributed by atoms with Gasteiger partial charge in [-0.2, -0.15) is 0 Å². The van der Waals surface area contributed by atoms with E-state index in [1.165, 1.54) is 22.0 Å². The Morgan fingerprint density at radius 2 is 1.57 bits per heavy atom. The fraction of sp³-hybridized carbons (Fsp3) is 0.818. The van der Waals surface area contributed by atoms with Crippen LogP contribution in [0, 0.1) is 0 Å². The van der Waals surface area contributed by atoms with Crippen LogP contribution in [0.25, 0.3) is 0 Å². The van der Waals surface area contributed by atoms with Crippen LogP contribution in [0.3, 0.4) is 0 Å². The Labute approximate surface area is 92.0 Å². The lowest BCUT2D eigenvalue weighted by Gasteiger charge is -2.26. The SMILES string of the molecule is CC(C)(C)NC=C(C[SiH3])NC(C)(C)C. The maximum atomic E-state index is 3.51. The predicted octanol–water partition coefficient (Wildman–Crippen LogP) is 1.39. The van der Waals surface area contributed by atoms with Crippen LogP contribution in [0.2, 0.25) is 6.04 Å². The highest BCUT2D eigenvalue weighted by molar-refractivity contribution is 6.10. The van der Waals surface area contributed by atoms with Gasteiger partial charge in [-0.15, -0.1) is 0 Å². The lowest BCUT2D eigenvalue weighted by Crippen LogP contribution is -2.38. The van der Waals surface area contributed by atoms with E-state index in [4.69, 9.17) is 0 Å². The highest BCUT2D eigenvalue weighted by Gasteiger charge is 2.11. The number of hydrogen-bond acceptors (Lipinski definition) is 2. The molecule has 2 N–H and O–H groups in total. The Morgan fingerprint density at radius 1 is 1.07 bits per heavy atom. The average Bonchev–Trinajstić information content (AvgIpc) is 1.94. The maximum absolute atomic E-state index is 3.51. The second kappa shape index (κ2) is 4.87. The van der Waals surface area contributed by atoms with Crippen molar-refractivity contribution in [3.63, 3.8) is 0 Å². The summed E-state index contributed by atoms with van der Waals surface area (Å²) in [6.07, 6.45) is 2.12. The molecule has 14 heavy (non-hydrogen) atoms. The molecule has 0 aliphatic carbocycles. The third kappa shape index (κ3) is 8.17. The van der Waals surface area contributed by atoms with E-state index in [-0.39, 0.29) is 11.1 Å². The average molecular weight is 214 g/mol. The van der Waals surface area contributed by atoms with Gasteiger partial charge in [0.2, 0.25) is 0 Å². The minimum absolute atomic E-state index is 0.154. The van der Waals surface area contributed by atoms with Gasteiger partial charge >= 0.3 is 0 Å². The maximum Gasteiger partial charge on any atom is 0.0286 e. The summed E-state index contributed by atoms with van der Waals surface area (Å²) in [6, 6.07) is 1.17. The molecule has 0 unspecified atom stereocenters. The van der Waals surface area contributed by atoms with E-state index in [1.807, 2.05) is 0 Å². The number of rotatable bonds is 3. The molecule has 3 heteroatoms. The minimum atomic E-state index is 0.154. The Balaban J connectivity index is 4.28. The van der Waals surface area contributed by atoms with Crippen molar-refractivity contribution in [2.75, 3.05) is 0 Å². The zero-order valence-corrected chi connectivity index (χ0v) is 12.8. The molecule has 0 spiro atoms. The fourth-order valence-electron chi connectivity index (χ4n) is 1.01. The first-order chi connectivity index (χ1) is 6.14. The van der Waals surface area contributed by atoms with Crippen LogP contribution in [-0.2, 0) is 0 Å². The van der Waals surface area contributed by atoms with E-state index in [0.29, 0.717) is 0 Å². The molecule has 0 aromatic heterocycles. The summed E-state index contributed by atoms with van der Waals surface area (Å²) in [5.74, 6) is 0. The molecular weight excluding hydrogens is 188 g/mol. The smallest absolute Gasteiger partial charge is 0.0286 e. The van der Waals surface area contributed by atoms with Gasteiger partial charge < -0.3 is 10.6 Å². The van der Waals surface area contributed by atoms with E-state index in [9.17, 15) is 0 Å². The number of allylic oxidation sites excluding steroid dienone is 1. The molecule has 0 radical (unpaired) electrons. The van der Waals surface area contributed by atoms with Crippen LogP contribution in [0.15, 0.2) is 11.9 Å². The summed E-state index contributed by atoms with van der Waals surface area (Å²) in [4.78, 5) is 0. The summed E-state index contributed by atoms with van der Waals surface area (Å²) in [7, 11) is 1.20. The van der Waals surface area contributed by atoms with E-state index in [1.54, 1.807) is 0 Å². The Morgan fingerprint density at radius 3 is 1.86 bits per heavy atom. The van der Waals surface area contributed by atoms with Crippen molar-refractivity contribution in [2.24, 2.45) is 0 Å². The molecule has 0 fully saturated rings. The molecule has 0 atom stereocenters. The first kappa shape index (κ1) is 13.6. The van der Waals surface area contributed by atoms with Gasteiger partial charge in [0, 0.05) is 33.2 Å².